The number of amides is 1. The predicted molar refractivity (Wildman–Crippen MR) is 77.4 cm³/mol. The maximum atomic E-state index is 12.6. The Labute approximate surface area is 121 Å². The lowest BCUT2D eigenvalue weighted by atomic mass is 10.0. The van der Waals surface area contributed by atoms with Crippen molar-refractivity contribution in [3.63, 3.8) is 0 Å². The van der Waals surface area contributed by atoms with Crippen molar-refractivity contribution in [3.8, 4) is 0 Å². The third kappa shape index (κ3) is 3.00. The Bertz CT molecular complexity index is 344. The summed E-state index contributed by atoms with van der Waals surface area (Å²) in [5.74, 6) is 0.199. The van der Waals surface area contributed by atoms with E-state index in [1.165, 1.54) is 32.4 Å². The van der Waals surface area contributed by atoms with E-state index in [1.807, 2.05) is 4.90 Å². The van der Waals surface area contributed by atoms with Crippen LogP contribution in [-0.4, -0.2) is 66.7 Å². The fourth-order valence-electron chi connectivity index (χ4n) is 3.82. The van der Waals surface area contributed by atoms with Gasteiger partial charge in [0.05, 0.1) is 6.10 Å². The van der Waals surface area contributed by atoms with Crippen LogP contribution in [0.1, 0.15) is 38.5 Å². The fraction of sp³-hybridized carbons (Fsp3) is 0.933. The highest BCUT2D eigenvalue weighted by atomic mass is 16.5. The number of nitrogens with zero attached hydrogens (tertiary/aromatic N) is 2. The summed E-state index contributed by atoms with van der Waals surface area (Å²) in [6.07, 6.45) is 6.61. The van der Waals surface area contributed by atoms with Gasteiger partial charge in [-0.25, -0.2) is 0 Å². The molecule has 0 aromatic rings. The highest BCUT2D eigenvalue weighted by Gasteiger charge is 2.36. The third-order valence-corrected chi connectivity index (χ3v) is 5.01. The van der Waals surface area contributed by atoms with E-state index in [1.54, 1.807) is 0 Å². The maximum Gasteiger partial charge on any atom is 0.251 e. The summed E-state index contributed by atoms with van der Waals surface area (Å²) in [6, 6.07) is 0.571. The van der Waals surface area contributed by atoms with Crippen molar-refractivity contribution >= 4 is 5.91 Å². The second-order valence-electron chi connectivity index (χ2n) is 6.38. The van der Waals surface area contributed by atoms with Gasteiger partial charge in [0.25, 0.3) is 5.91 Å². The van der Waals surface area contributed by atoms with Gasteiger partial charge in [-0.2, -0.15) is 0 Å². The minimum atomic E-state index is -0.235. The molecule has 0 saturated carbocycles. The Morgan fingerprint density at radius 1 is 1.10 bits per heavy atom. The van der Waals surface area contributed by atoms with Crippen molar-refractivity contribution < 1.29 is 9.53 Å². The molecule has 3 saturated heterocycles. The smallest absolute Gasteiger partial charge is 0.251 e. The maximum absolute atomic E-state index is 12.6. The summed E-state index contributed by atoms with van der Waals surface area (Å²) >= 11 is 0. The van der Waals surface area contributed by atoms with Crippen LogP contribution in [0, 0.1) is 0 Å². The number of carbonyl (C=O) groups excluding carboxylic acids is 1. The third-order valence-electron chi connectivity index (χ3n) is 5.01. The molecule has 0 bridgehead atoms. The largest absolute Gasteiger partial charge is 0.364 e. The van der Waals surface area contributed by atoms with Crippen molar-refractivity contribution in [3.05, 3.63) is 0 Å². The number of piperidine rings is 1. The number of rotatable bonds is 3. The van der Waals surface area contributed by atoms with Gasteiger partial charge in [-0.1, -0.05) is 0 Å². The van der Waals surface area contributed by atoms with E-state index >= 15 is 0 Å². The summed E-state index contributed by atoms with van der Waals surface area (Å²) in [5, 5.41) is 0. The van der Waals surface area contributed by atoms with Gasteiger partial charge in [-0.05, 0) is 51.6 Å². The van der Waals surface area contributed by atoms with Crippen LogP contribution >= 0.6 is 0 Å². The van der Waals surface area contributed by atoms with Crippen LogP contribution in [0.3, 0.4) is 0 Å². The molecule has 5 nitrogen and oxygen atoms in total. The van der Waals surface area contributed by atoms with Gasteiger partial charge in [0.1, 0.15) is 6.10 Å². The molecule has 2 N–H and O–H groups in total. The Hall–Kier alpha value is -0.650. The second-order valence-corrected chi connectivity index (χ2v) is 6.38. The molecule has 3 aliphatic rings. The molecule has 0 aromatic heterocycles. The standard InChI is InChI=1S/C15H27N3O2/c16-10-13-5-6-14(20-13)15(19)18-9-3-4-12(11-18)17-7-1-2-8-17/h12-14H,1-11,16H2/t12?,13-,14+/m1/s1. The van der Waals surface area contributed by atoms with Gasteiger partial charge in [-0.15, -0.1) is 0 Å². The van der Waals surface area contributed by atoms with Crippen molar-refractivity contribution in [1.29, 1.82) is 0 Å². The van der Waals surface area contributed by atoms with E-state index in [0.29, 0.717) is 12.6 Å². The van der Waals surface area contributed by atoms with E-state index in [0.717, 1.165) is 32.4 Å². The highest BCUT2D eigenvalue weighted by Crippen LogP contribution is 2.25. The number of likely N-dealkylation sites (tertiary alicyclic amines) is 2. The SMILES string of the molecule is NC[C@H]1CC[C@@H](C(=O)N2CCCC(N3CCCC3)C2)O1. The molecule has 0 aliphatic carbocycles. The van der Waals surface area contributed by atoms with Crippen molar-refractivity contribution in [1.82, 2.24) is 9.80 Å². The fourth-order valence-corrected chi connectivity index (χ4v) is 3.82. The first-order valence-electron chi connectivity index (χ1n) is 8.16. The zero-order valence-electron chi connectivity index (χ0n) is 12.3. The van der Waals surface area contributed by atoms with Gasteiger partial charge >= 0.3 is 0 Å². The summed E-state index contributed by atoms with van der Waals surface area (Å²) in [6.45, 7) is 4.74. The molecule has 3 aliphatic heterocycles. The summed E-state index contributed by atoms with van der Waals surface area (Å²) < 4.78 is 5.76. The molecule has 0 aromatic carbocycles. The topological polar surface area (TPSA) is 58.8 Å². The molecule has 3 heterocycles. The quantitative estimate of drug-likeness (QED) is 0.822. The second kappa shape index (κ2) is 6.41. The molecule has 114 valence electrons. The monoisotopic (exact) mass is 281 g/mol. The first-order valence-corrected chi connectivity index (χ1v) is 8.16. The van der Waals surface area contributed by atoms with E-state index in [4.69, 9.17) is 10.5 Å². The van der Waals surface area contributed by atoms with Crippen LogP contribution < -0.4 is 5.73 Å². The van der Waals surface area contributed by atoms with Gasteiger partial charge < -0.3 is 15.4 Å². The van der Waals surface area contributed by atoms with Crippen LogP contribution in [0.25, 0.3) is 0 Å². The minimum Gasteiger partial charge on any atom is -0.364 e. The Morgan fingerprint density at radius 3 is 2.60 bits per heavy atom. The Balaban J connectivity index is 1.55. The average molecular weight is 281 g/mol. The van der Waals surface area contributed by atoms with Gasteiger partial charge in [0, 0.05) is 25.7 Å². The molecular weight excluding hydrogens is 254 g/mol. The van der Waals surface area contributed by atoms with Crippen molar-refractivity contribution in [2.24, 2.45) is 5.73 Å². The average Bonchev–Trinajstić information content (AvgIpc) is 3.17. The van der Waals surface area contributed by atoms with E-state index in [2.05, 4.69) is 4.90 Å². The number of ether oxygens (including phenoxy) is 1. The Morgan fingerprint density at radius 2 is 1.90 bits per heavy atom. The molecule has 3 atom stereocenters. The molecule has 0 radical (unpaired) electrons. The van der Waals surface area contributed by atoms with E-state index in [-0.39, 0.29) is 18.1 Å². The molecule has 3 rings (SSSR count). The lowest BCUT2D eigenvalue weighted by molar-refractivity contribution is -0.144. The van der Waals surface area contributed by atoms with Crippen LogP contribution in [0.2, 0.25) is 0 Å². The van der Waals surface area contributed by atoms with Crippen LogP contribution in [0.4, 0.5) is 0 Å². The number of carbonyl (C=O) groups is 1. The van der Waals surface area contributed by atoms with Crippen LogP contribution in [-0.2, 0) is 9.53 Å². The van der Waals surface area contributed by atoms with Crippen molar-refractivity contribution in [2.45, 2.75) is 56.8 Å². The molecule has 5 heteroatoms. The molecule has 20 heavy (non-hydrogen) atoms. The van der Waals surface area contributed by atoms with Crippen LogP contribution in [0.5, 0.6) is 0 Å². The number of nitrogens with two attached hydrogens (primary N) is 1. The lowest BCUT2D eigenvalue weighted by Crippen LogP contribution is -2.51. The highest BCUT2D eigenvalue weighted by molar-refractivity contribution is 5.81. The molecular formula is C15H27N3O2. The van der Waals surface area contributed by atoms with Gasteiger partial charge in [-0.3, -0.25) is 9.69 Å². The molecule has 1 amide bonds. The Kier molecular flexibility index (Phi) is 4.58. The molecule has 3 fully saturated rings. The zero-order chi connectivity index (χ0) is 13.9. The van der Waals surface area contributed by atoms with E-state index < -0.39 is 0 Å². The minimum absolute atomic E-state index is 0.0862. The molecule has 1 unspecified atom stereocenters. The van der Waals surface area contributed by atoms with Crippen LogP contribution in [0.15, 0.2) is 0 Å². The predicted octanol–water partition coefficient (Wildman–Crippen LogP) is 0.580. The molecule has 0 spiro atoms. The number of hydrogen-bond acceptors (Lipinski definition) is 4. The van der Waals surface area contributed by atoms with E-state index in [9.17, 15) is 4.79 Å². The summed E-state index contributed by atoms with van der Waals surface area (Å²) in [7, 11) is 0. The first kappa shape index (κ1) is 14.3. The van der Waals surface area contributed by atoms with Gasteiger partial charge in [0.15, 0.2) is 0 Å². The lowest BCUT2D eigenvalue weighted by Gasteiger charge is -2.38. The number of hydrogen-bond donors (Lipinski definition) is 1. The summed E-state index contributed by atoms with van der Waals surface area (Å²) in [4.78, 5) is 17.2. The van der Waals surface area contributed by atoms with Crippen molar-refractivity contribution in [2.75, 3.05) is 32.7 Å². The van der Waals surface area contributed by atoms with Gasteiger partial charge in [0.2, 0.25) is 0 Å². The first-order chi connectivity index (χ1) is 9.78. The zero-order valence-corrected chi connectivity index (χ0v) is 12.3. The normalized spacial score (nSPS) is 35.6. The summed E-state index contributed by atoms with van der Waals surface area (Å²) in [5.41, 5.74) is 5.62.